The van der Waals surface area contributed by atoms with Crippen molar-refractivity contribution < 1.29 is 4.57 Å². The SMILES string of the molecule is CCC(CC)c1ccc(P(=O)(c2ccccc2)c2ccccc2)cc1. The fourth-order valence-electron chi connectivity index (χ4n) is 3.44. The summed E-state index contributed by atoms with van der Waals surface area (Å²) >= 11 is 0. The smallest absolute Gasteiger partial charge is 0.171 e. The van der Waals surface area contributed by atoms with Gasteiger partial charge in [0.25, 0.3) is 0 Å². The number of hydrogen-bond donors (Lipinski definition) is 0. The monoisotopic (exact) mass is 348 g/mol. The van der Waals surface area contributed by atoms with Crippen molar-refractivity contribution in [1.82, 2.24) is 0 Å². The van der Waals surface area contributed by atoms with Gasteiger partial charge in [-0.05, 0) is 24.3 Å². The Labute approximate surface area is 151 Å². The summed E-state index contributed by atoms with van der Waals surface area (Å²) in [5.74, 6) is 0.571. The van der Waals surface area contributed by atoms with E-state index in [2.05, 4.69) is 38.1 Å². The molecule has 0 aromatic heterocycles. The van der Waals surface area contributed by atoms with Gasteiger partial charge < -0.3 is 4.57 Å². The second-order valence-electron chi connectivity index (χ2n) is 6.39. The molecular weight excluding hydrogens is 323 g/mol. The summed E-state index contributed by atoms with van der Waals surface area (Å²) in [4.78, 5) is 0. The molecule has 25 heavy (non-hydrogen) atoms. The maximum Gasteiger partial charge on any atom is 0.171 e. The predicted molar refractivity (Wildman–Crippen MR) is 109 cm³/mol. The predicted octanol–water partition coefficient (Wildman–Crippen LogP) is 5.23. The fourth-order valence-corrected chi connectivity index (χ4v) is 6.09. The van der Waals surface area contributed by atoms with E-state index in [9.17, 15) is 4.57 Å². The molecule has 0 unspecified atom stereocenters. The minimum absolute atomic E-state index is 0.571. The average Bonchev–Trinajstić information content (AvgIpc) is 2.70. The van der Waals surface area contributed by atoms with E-state index in [1.807, 2.05) is 60.7 Å². The molecular formula is C23H25OP. The lowest BCUT2D eigenvalue weighted by Gasteiger charge is -2.21. The zero-order chi connectivity index (χ0) is 17.7. The Morgan fingerprint density at radius 2 is 1.04 bits per heavy atom. The van der Waals surface area contributed by atoms with Crippen LogP contribution in [0, 0.1) is 0 Å². The second kappa shape index (κ2) is 7.85. The van der Waals surface area contributed by atoms with E-state index in [1.165, 1.54) is 5.56 Å². The van der Waals surface area contributed by atoms with E-state index in [0.29, 0.717) is 5.92 Å². The Morgan fingerprint density at radius 1 is 0.640 bits per heavy atom. The van der Waals surface area contributed by atoms with Crippen molar-refractivity contribution in [2.45, 2.75) is 32.6 Å². The summed E-state index contributed by atoms with van der Waals surface area (Å²) in [6.45, 7) is 4.45. The Balaban J connectivity index is 2.12. The Bertz CT molecular complexity index is 791. The van der Waals surface area contributed by atoms with Crippen LogP contribution in [0.4, 0.5) is 0 Å². The lowest BCUT2D eigenvalue weighted by atomic mass is 9.94. The van der Waals surface area contributed by atoms with Crippen molar-refractivity contribution >= 4 is 23.1 Å². The van der Waals surface area contributed by atoms with Crippen LogP contribution in [0.25, 0.3) is 0 Å². The van der Waals surface area contributed by atoms with Gasteiger partial charge in [-0.3, -0.25) is 0 Å². The molecule has 0 fully saturated rings. The quantitative estimate of drug-likeness (QED) is 0.558. The summed E-state index contributed by atoms with van der Waals surface area (Å²) < 4.78 is 14.2. The molecule has 3 aromatic carbocycles. The highest BCUT2D eigenvalue weighted by molar-refractivity contribution is 7.85. The molecule has 0 N–H and O–H groups in total. The van der Waals surface area contributed by atoms with Gasteiger partial charge in [0.2, 0.25) is 0 Å². The standard InChI is InChI=1S/C23H25OP/c1-3-19(4-2)20-15-17-23(18-16-20)25(24,21-11-7-5-8-12-21)22-13-9-6-10-14-22/h5-19H,3-4H2,1-2H3. The minimum atomic E-state index is -2.84. The molecule has 0 amide bonds. The third kappa shape index (κ3) is 3.48. The maximum atomic E-state index is 14.2. The first kappa shape index (κ1) is 17.7. The van der Waals surface area contributed by atoms with Crippen LogP contribution in [0.5, 0.6) is 0 Å². The zero-order valence-corrected chi connectivity index (χ0v) is 15.8. The molecule has 3 rings (SSSR count). The number of hydrogen-bond acceptors (Lipinski definition) is 1. The molecule has 0 saturated heterocycles. The molecule has 0 aliphatic carbocycles. The van der Waals surface area contributed by atoms with Crippen LogP contribution in [0.1, 0.15) is 38.2 Å². The molecule has 0 bridgehead atoms. The van der Waals surface area contributed by atoms with E-state index >= 15 is 0 Å². The molecule has 0 saturated carbocycles. The Kier molecular flexibility index (Phi) is 5.56. The largest absolute Gasteiger partial charge is 0.309 e. The van der Waals surface area contributed by atoms with Crippen LogP contribution < -0.4 is 15.9 Å². The van der Waals surface area contributed by atoms with Gasteiger partial charge in [-0.1, -0.05) is 98.8 Å². The maximum absolute atomic E-state index is 14.2. The van der Waals surface area contributed by atoms with Gasteiger partial charge in [0.1, 0.15) is 0 Å². The Morgan fingerprint density at radius 3 is 1.44 bits per heavy atom. The lowest BCUT2D eigenvalue weighted by molar-refractivity contribution is 0.592. The average molecular weight is 348 g/mol. The van der Waals surface area contributed by atoms with Gasteiger partial charge in [0, 0.05) is 15.9 Å². The molecule has 2 heteroatoms. The molecule has 128 valence electrons. The van der Waals surface area contributed by atoms with Crippen LogP contribution >= 0.6 is 7.14 Å². The molecule has 1 nitrogen and oxygen atoms in total. The van der Waals surface area contributed by atoms with Crippen molar-refractivity contribution in [2.24, 2.45) is 0 Å². The van der Waals surface area contributed by atoms with E-state index in [1.54, 1.807) is 0 Å². The molecule has 0 aliphatic heterocycles. The van der Waals surface area contributed by atoms with E-state index in [0.717, 1.165) is 28.8 Å². The summed E-state index contributed by atoms with van der Waals surface area (Å²) in [7, 11) is -2.84. The molecule has 0 aliphatic rings. The lowest BCUT2D eigenvalue weighted by Crippen LogP contribution is -2.25. The van der Waals surface area contributed by atoms with E-state index < -0.39 is 7.14 Å². The Hall–Kier alpha value is -2.11. The zero-order valence-electron chi connectivity index (χ0n) is 14.9. The van der Waals surface area contributed by atoms with Crippen LogP contribution in [0.15, 0.2) is 84.9 Å². The third-order valence-electron chi connectivity index (χ3n) is 4.95. The normalized spacial score (nSPS) is 11.6. The van der Waals surface area contributed by atoms with E-state index in [4.69, 9.17) is 0 Å². The van der Waals surface area contributed by atoms with Crippen molar-refractivity contribution in [3.63, 3.8) is 0 Å². The van der Waals surface area contributed by atoms with Crippen LogP contribution in [0.3, 0.4) is 0 Å². The third-order valence-corrected chi connectivity index (χ3v) is 8.03. The van der Waals surface area contributed by atoms with Gasteiger partial charge in [0.05, 0.1) is 0 Å². The molecule has 0 spiro atoms. The summed E-state index contributed by atoms with van der Waals surface area (Å²) in [6, 6.07) is 28.1. The van der Waals surface area contributed by atoms with Gasteiger partial charge in [-0.2, -0.15) is 0 Å². The first-order chi connectivity index (χ1) is 12.2. The highest BCUT2D eigenvalue weighted by Crippen LogP contribution is 2.42. The molecule has 0 radical (unpaired) electrons. The van der Waals surface area contributed by atoms with Crippen molar-refractivity contribution in [3.8, 4) is 0 Å². The molecule has 0 heterocycles. The molecule has 0 atom stereocenters. The first-order valence-electron chi connectivity index (χ1n) is 9.02. The van der Waals surface area contributed by atoms with Crippen molar-refractivity contribution in [2.75, 3.05) is 0 Å². The summed E-state index contributed by atoms with van der Waals surface area (Å²) in [5, 5.41) is 2.67. The molecule has 3 aromatic rings. The van der Waals surface area contributed by atoms with Gasteiger partial charge >= 0.3 is 0 Å². The van der Waals surface area contributed by atoms with Crippen molar-refractivity contribution in [1.29, 1.82) is 0 Å². The van der Waals surface area contributed by atoms with Gasteiger partial charge in [-0.15, -0.1) is 0 Å². The highest BCUT2D eigenvalue weighted by Gasteiger charge is 2.29. The summed E-state index contributed by atoms with van der Waals surface area (Å²) in [6.07, 6.45) is 2.26. The van der Waals surface area contributed by atoms with Crippen LogP contribution in [0.2, 0.25) is 0 Å². The van der Waals surface area contributed by atoms with Crippen LogP contribution in [-0.4, -0.2) is 0 Å². The summed E-state index contributed by atoms with van der Waals surface area (Å²) in [5.41, 5.74) is 1.33. The van der Waals surface area contributed by atoms with Crippen LogP contribution in [-0.2, 0) is 4.57 Å². The second-order valence-corrected chi connectivity index (χ2v) is 9.15. The minimum Gasteiger partial charge on any atom is -0.309 e. The highest BCUT2D eigenvalue weighted by atomic mass is 31.2. The first-order valence-corrected chi connectivity index (χ1v) is 10.7. The topological polar surface area (TPSA) is 17.1 Å². The fraction of sp³-hybridized carbons (Fsp3) is 0.217. The van der Waals surface area contributed by atoms with Gasteiger partial charge in [-0.25, -0.2) is 0 Å². The number of benzene rings is 3. The van der Waals surface area contributed by atoms with Gasteiger partial charge in [0.15, 0.2) is 7.14 Å². The number of rotatable bonds is 6. The van der Waals surface area contributed by atoms with E-state index in [-0.39, 0.29) is 0 Å². The van der Waals surface area contributed by atoms with Crippen molar-refractivity contribution in [3.05, 3.63) is 90.5 Å².